The monoisotopic (exact) mass is 372 g/mol. The van der Waals surface area contributed by atoms with Crippen LogP contribution in [0.4, 0.5) is 0 Å². The summed E-state index contributed by atoms with van der Waals surface area (Å²) in [4.78, 5) is 24.2. The van der Waals surface area contributed by atoms with E-state index >= 15 is 0 Å². The van der Waals surface area contributed by atoms with Crippen molar-refractivity contribution >= 4 is 28.6 Å². The highest BCUT2D eigenvalue weighted by molar-refractivity contribution is 6.31. The molecule has 0 aliphatic rings. The third-order valence-corrected chi connectivity index (χ3v) is 4.54. The molecule has 2 aromatic carbocycles. The van der Waals surface area contributed by atoms with Crippen molar-refractivity contribution in [1.82, 2.24) is 9.88 Å². The van der Waals surface area contributed by atoms with Crippen molar-refractivity contribution in [1.29, 1.82) is 0 Å². The van der Waals surface area contributed by atoms with E-state index in [4.69, 9.17) is 16.0 Å². The maximum absolute atomic E-state index is 12.2. The lowest BCUT2D eigenvalue weighted by atomic mass is 10.1. The van der Waals surface area contributed by atoms with Gasteiger partial charge in [-0.2, -0.15) is 0 Å². The van der Waals surface area contributed by atoms with Crippen molar-refractivity contribution in [2.24, 2.45) is 0 Å². The van der Waals surface area contributed by atoms with E-state index in [-0.39, 0.29) is 24.9 Å². The predicted octanol–water partition coefficient (Wildman–Crippen LogP) is 3.78. The van der Waals surface area contributed by atoms with E-state index in [9.17, 15) is 9.59 Å². The first-order valence-corrected chi connectivity index (χ1v) is 9.03. The summed E-state index contributed by atoms with van der Waals surface area (Å²) in [6.45, 7) is 2.24. The zero-order valence-electron chi connectivity index (χ0n) is 14.6. The molecule has 26 heavy (non-hydrogen) atoms. The summed E-state index contributed by atoms with van der Waals surface area (Å²) in [6, 6.07) is 15.2. The minimum Gasteiger partial charge on any atom is -0.408 e. The Morgan fingerprint density at radius 3 is 2.77 bits per heavy atom. The second-order valence-electron chi connectivity index (χ2n) is 6.37. The van der Waals surface area contributed by atoms with Crippen molar-refractivity contribution in [3.8, 4) is 0 Å². The van der Waals surface area contributed by atoms with E-state index in [0.717, 1.165) is 12.8 Å². The van der Waals surface area contributed by atoms with Crippen LogP contribution in [-0.2, 0) is 17.8 Å². The molecule has 3 aromatic rings. The van der Waals surface area contributed by atoms with E-state index in [2.05, 4.69) is 17.4 Å². The van der Waals surface area contributed by atoms with Gasteiger partial charge in [-0.05, 0) is 43.5 Å². The molecule has 1 atom stereocenters. The molecule has 1 heterocycles. The summed E-state index contributed by atoms with van der Waals surface area (Å²) in [5.74, 6) is -0.568. The number of rotatable bonds is 7. The summed E-state index contributed by atoms with van der Waals surface area (Å²) >= 11 is 5.98. The van der Waals surface area contributed by atoms with Crippen LogP contribution in [0.2, 0.25) is 5.02 Å². The fourth-order valence-corrected chi connectivity index (χ4v) is 3.07. The van der Waals surface area contributed by atoms with E-state index in [0.29, 0.717) is 16.1 Å². The lowest BCUT2D eigenvalue weighted by Crippen LogP contribution is -2.34. The maximum atomic E-state index is 12.2. The number of hydrogen-bond acceptors (Lipinski definition) is 3. The smallest absolute Gasteiger partial charge is 0.408 e. The van der Waals surface area contributed by atoms with Crippen molar-refractivity contribution < 1.29 is 9.21 Å². The SMILES string of the molecule is C[C@H](CCc1ccccc1)NC(=O)CCn1c(=O)oc2ccc(Cl)cc21. The molecular weight excluding hydrogens is 352 g/mol. The highest BCUT2D eigenvalue weighted by Gasteiger charge is 2.13. The Morgan fingerprint density at radius 2 is 2.00 bits per heavy atom. The Hall–Kier alpha value is -2.53. The highest BCUT2D eigenvalue weighted by atomic mass is 35.5. The Bertz CT molecular complexity index is 947. The van der Waals surface area contributed by atoms with Crippen molar-refractivity contribution in [3.05, 3.63) is 69.7 Å². The Kier molecular flexibility index (Phi) is 5.78. The van der Waals surface area contributed by atoms with Crippen LogP contribution in [0.1, 0.15) is 25.3 Å². The van der Waals surface area contributed by atoms with E-state index in [1.165, 1.54) is 10.1 Å². The first kappa shape index (κ1) is 18.3. The molecule has 6 heteroatoms. The average molecular weight is 373 g/mol. The van der Waals surface area contributed by atoms with Crippen LogP contribution in [-0.4, -0.2) is 16.5 Å². The molecule has 1 aromatic heterocycles. The van der Waals surface area contributed by atoms with Crippen LogP contribution in [0, 0.1) is 0 Å². The molecule has 1 amide bonds. The van der Waals surface area contributed by atoms with Crippen molar-refractivity contribution in [2.75, 3.05) is 0 Å². The topological polar surface area (TPSA) is 64.2 Å². The molecule has 0 aliphatic heterocycles. The molecule has 136 valence electrons. The van der Waals surface area contributed by atoms with E-state index < -0.39 is 5.76 Å². The first-order chi connectivity index (χ1) is 12.5. The van der Waals surface area contributed by atoms with Gasteiger partial charge < -0.3 is 9.73 Å². The maximum Gasteiger partial charge on any atom is 0.419 e. The quantitative estimate of drug-likeness (QED) is 0.686. The minimum atomic E-state index is -0.479. The number of benzene rings is 2. The van der Waals surface area contributed by atoms with E-state index in [1.807, 2.05) is 25.1 Å². The van der Waals surface area contributed by atoms with Gasteiger partial charge in [0.05, 0.1) is 5.52 Å². The molecule has 0 fully saturated rings. The molecule has 0 aliphatic carbocycles. The van der Waals surface area contributed by atoms with Crippen LogP contribution in [0.15, 0.2) is 57.7 Å². The average Bonchev–Trinajstić information content (AvgIpc) is 2.93. The van der Waals surface area contributed by atoms with Gasteiger partial charge in [0.2, 0.25) is 5.91 Å². The first-order valence-electron chi connectivity index (χ1n) is 8.65. The third kappa shape index (κ3) is 4.55. The van der Waals surface area contributed by atoms with E-state index in [1.54, 1.807) is 18.2 Å². The number of amides is 1. The number of hydrogen-bond donors (Lipinski definition) is 1. The third-order valence-electron chi connectivity index (χ3n) is 4.31. The van der Waals surface area contributed by atoms with Gasteiger partial charge in [0.15, 0.2) is 5.58 Å². The van der Waals surface area contributed by atoms with Gasteiger partial charge in [0.1, 0.15) is 0 Å². The highest BCUT2D eigenvalue weighted by Crippen LogP contribution is 2.18. The summed E-state index contributed by atoms with van der Waals surface area (Å²) in [7, 11) is 0. The number of carbonyl (C=O) groups is 1. The molecule has 0 spiro atoms. The zero-order chi connectivity index (χ0) is 18.5. The Balaban J connectivity index is 1.53. The van der Waals surface area contributed by atoms with Crippen molar-refractivity contribution in [3.63, 3.8) is 0 Å². The molecule has 0 bridgehead atoms. The van der Waals surface area contributed by atoms with Gasteiger partial charge in [-0.3, -0.25) is 9.36 Å². The summed E-state index contributed by atoms with van der Waals surface area (Å²) in [5, 5.41) is 3.50. The summed E-state index contributed by atoms with van der Waals surface area (Å²) in [5.41, 5.74) is 2.32. The molecular formula is C20H21ClN2O3. The van der Waals surface area contributed by atoms with Gasteiger partial charge in [-0.1, -0.05) is 41.9 Å². The van der Waals surface area contributed by atoms with Gasteiger partial charge >= 0.3 is 5.76 Å². The largest absolute Gasteiger partial charge is 0.419 e. The fourth-order valence-electron chi connectivity index (χ4n) is 2.91. The van der Waals surface area contributed by atoms with Crippen LogP contribution in [0.25, 0.3) is 11.1 Å². The second kappa shape index (κ2) is 8.23. The number of fused-ring (bicyclic) bond motifs is 1. The number of nitrogens with one attached hydrogen (secondary N) is 1. The lowest BCUT2D eigenvalue weighted by molar-refractivity contribution is -0.121. The molecule has 1 N–H and O–H groups in total. The van der Waals surface area contributed by atoms with Gasteiger partial charge in [0, 0.05) is 24.0 Å². The number of aryl methyl sites for hydroxylation is 2. The van der Waals surface area contributed by atoms with Crippen LogP contribution >= 0.6 is 11.6 Å². The van der Waals surface area contributed by atoms with Crippen LogP contribution in [0.5, 0.6) is 0 Å². The number of oxazole rings is 1. The fraction of sp³-hybridized carbons (Fsp3) is 0.300. The molecule has 0 unspecified atom stereocenters. The molecule has 0 radical (unpaired) electrons. The zero-order valence-corrected chi connectivity index (χ0v) is 15.3. The Labute approximate surface area is 156 Å². The summed E-state index contributed by atoms with van der Waals surface area (Å²) < 4.78 is 6.61. The molecule has 3 rings (SSSR count). The molecule has 0 saturated heterocycles. The number of aromatic nitrogens is 1. The van der Waals surface area contributed by atoms with Gasteiger partial charge in [-0.25, -0.2) is 4.79 Å². The number of halogens is 1. The van der Waals surface area contributed by atoms with Crippen LogP contribution in [0.3, 0.4) is 0 Å². The minimum absolute atomic E-state index is 0.0648. The number of carbonyl (C=O) groups excluding carboxylic acids is 1. The molecule has 0 saturated carbocycles. The standard InChI is InChI=1S/C20H21ClN2O3/c1-14(7-8-15-5-3-2-4-6-15)22-19(24)11-12-23-17-13-16(21)9-10-18(17)26-20(23)25/h2-6,9-10,13-14H,7-8,11-12H2,1H3,(H,22,24)/t14-/m1/s1. The second-order valence-corrected chi connectivity index (χ2v) is 6.81. The van der Waals surface area contributed by atoms with Crippen LogP contribution < -0.4 is 11.1 Å². The Morgan fingerprint density at radius 1 is 1.23 bits per heavy atom. The van der Waals surface area contributed by atoms with Crippen molar-refractivity contribution in [2.45, 2.75) is 38.8 Å². The predicted molar refractivity (Wildman–Crippen MR) is 102 cm³/mol. The van der Waals surface area contributed by atoms with Gasteiger partial charge in [0.25, 0.3) is 0 Å². The normalized spacial score (nSPS) is 12.2. The lowest BCUT2D eigenvalue weighted by Gasteiger charge is -2.14. The molecule has 5 nitrogen and oxygen atoms in total. The number of nitrogens with zero attached hydrogens (tertiary/aromatic N) is 1. The van der Waals surface area contributed by atoms with Gasteiger partial charge in [-0.15, -0.1) is 0 Å². The summed E-state index contributed by atoms with van der Waals surface area (Å²) in [6.07, 6.45) is 1.98.